The SMILES string of the molecule is CC1CNCCN1CC(F)F.Cl.Cl. The zero-order valence-corrected chi connectivity index (χ0v) is 9.14. The molecule has 0 radical (unpaired) electrons. The van der Waals surface area contributed by atoms with Crippen LogP contribution in [0.3, 0.4) is 0 Å². The fourth-order valence-corrected chi connectivity index (χ4v) is 1.33. The van der Waals surface area contributed by atoms with Crippen molar-refractivity contribution in [3.05, 3.63) is 0 Å². The molecule has 1 atom stereocenters. The highest BCUT2D eigenvalue weighted by Gasteiger charge is 2.20. The number of alkyl halides is 2. The molecule has 0 saturated carbocycles. The van der Waals surface area contributed by atoms with Crippen LogP contribution in [0.25, 0.3) is 0 Å². The van der Waals surface area contributed by atoms with Gasteiger partial charge in [-0.3, -0.25) is 4.90 Å². The fourth-order valence-electron chi connectivity index (χ4n) is 1.33. The molecule has 0 aromatic carbocycles. The third-order valence-corrected chi connectivity index (χ3v) is 2.01. The Morgan fingerprint density at radius 2 is 2.08 bits per heavy atom. The maximum atomic E-state index is 11.9. The van der Waals surface area contributed by atoms with E-state index in [1.807, 2.05) is 11.8 Å². The summed E-state index contributed by atoms with van der Waals surface area (Å²) in [6.07, 6.45) is -2.20. The van der Waals surface area contributed by atoms with Gasteiger partial charge < -0.3 is 5.32 Å². The summed E-state index contributed by atoms with van der Waals surface area (Å²) in [5.74, 6) is 0. The van der Waals surface area contributed by atoms with E-state index in [1.165, 1.54) is 0 Å². The zero-order chi connectivity index (χ0) is 8.27. The van der Waals surface area contributed by atoms with Gasteiger partial charge in [0.15, 0.2) is 0 Å². The third-order valence-electron chi connectivity index (χ3n) is 2.01. The maximum Gasteiger partial charge on any atom is 0.251 e. The first-order chi connectivity index (χ1) is 5.20. The highest BCUT2D eigenvalue weighted by atomic mass is 35.5. The second kappa shape index (κ2) is 7.74. The number of hydrogen-bond acceptors (Lipinski definition) is 2. The van der Waals surface area contributed by atoms with Crippen molar-refractivity contribution in [3.8, 4) is 0 Å². The van der Waals surface area contributed by atoms with Crippen molar-refractivity contribution in [3.63, 3.8) is 0 Å². The van der Waals surface area contributed by atoms with E-state index in [-0.39, 0.29) is 37.4 Å². The molecule has 1 rings (SSSR count). The first kappa shape index (κ1) is 15.8. The minimum Gasteiger partial charge on any atom is -0.314 e. The van der Waals surface area contributed by atoms with Gasteiger partial charge in [0.2, 0.25) is 0 Å². The molecule has 0 amide bonds. The van der Waals surface area contributed by atoms with E-state index in [9.17, 15) is 8.78 Å². The summed E-state index contributed by atoms with van der Waals surface area (Å²) in [5.41, 5.74) is 0. The quantitative estimate of drug-likeness (QED) is 0.780. The van der Waals surface area contributed by atoms with Crippen molar-refractivity contribution in [1.29, 1.82) is 0 Å². The molecule has 0 spiro atoms. The lowest BCUT2D eigenvalue weighted by molar-refractivity contribution is 0.0598. The predicted octanol–water partition coefficient (Wildman–Crippen LogP) is 1.39. The summed E-state index contributed by atoms with van der Waals surface area (Å²) in [6.45, 7) is 4.28. The van der Waals surface area contributed by atoms with Crippen LogP contribution in [-0.4, -0.2) is 43.5 Å². The molecule has 1 fully saturated rings. The summed E-state index contributed by atoms with van der Waals surface area (Å²) in [7, 11) is 0. The summed E-state index contributed by atoms with van der Waals surface area (Å²) in [5, 5.41) is 3.15. The van der Waals surface area contributed by atoms with Gasteiger partial charge in [-0.2, -0.15) is 0 Å². The molecule has 0 aromatic rings. The van der Waals surface area contributed by atoms with Crippen LogP contribution in [0.1, 0.15) is 6.92 Å². The molecular formula is C7H16Cl2F2N2. The Hall–Kier alpha value is 0.360. The Bertz CT molecular complexity index is 127. The Balaban J connectivity index is 0. The minimum atomic E-state index is -2.20. The lowest BCUT2D eigenvalue weighted by Gasteiger charge is -2.33. The maximum absolute atomic E-state index is 11.9. The highest BCUT2D eigenvalue weighted by molar-refractivity contribution is 5.85. The average molecular weight is 237 g/mol. The molecule has 1 aliphatic heterocycles. The van der Waals surface area contributed by atoms with E-state index >= 15 is 0 Å². The molecule has 1 saturated heterocycles. The van der Waals surface area contributed by atoms with Crippen LogP contribution >= 0.6 is 24.8 Å². The lowest BCUT2D eigenvalue weighted by Crippen LogP contribution is -2.51. The van der Waals surface area contributed by atoms with Crippen LogP contribution in [0.4, 0.5) is 8.78 Å². The van der Waals surface area contributed by atoms with Gasteiger partial charge in [-0.05, 0) is 6.92 Å². The number of nitrogens with zero attached hydrogens (tertiary/aromatic N) is 1. The van der Waals surface area contributed by atoms with Crippen molar-refractivity contribution in [1.82, 2.24) is 10.2 Å². The summed E-state index contributed by atoms with van der Waals surface area (Å²) in [4.78, 5) is 1.82. The molecule has 0 aliphatic carbocycles. The molecule has 0 aromatic heterocycles. The van der Waals surface area contributed by atoms with E-state index in [4.69, 9.17) is 0 Å². The highest BCUT2D eigenvalue weighted by Crippen LogP contribution is 2.05. The summed E-state index contributed by atoms with van der Waals surface area (Å²) in [6, 6.07) is 0.248. The molecule has 1 heterocycles. The standard InChI is InChI=1S/C7H14F2N2.2ClH/c1-6-4-10-2-3-11(6)5-7(8)9;;/h6-7,10H,2-5H2,1H3;2*1H. The van der Waals surface area contributed by atoms with Crippen molar-refractivity contribution in [2.24, 2.45) is 0 Å². The van der Waals surface area contributed by atoms with Crippen LogP contribution in [0.2, 0.25) is 0 Å². The van der Waals surface area contributed by atoms with Crippen molar-refractivity contribution in [2.75, 3.05) is 26.2 Å². The van der Waals surface area contributed by atoms with Gasteiger partial charge in [0, 0.05) is 25.7 Å². The van der Waals surface area contributed by atoms with Gasteiger partial charge in [0.1, 0.15) is 0 Å². The lowest BCUT2D eigenvalue weighted by atomic mass is 10.2. The number of piperazine rings is 1. The van der Waals surface area contributed by atoms with Crippen LogP contribution in [0.5, 0.6) is 0 Å². The molecule has 1 unspecified atom stereocenters. The number of halogens is 4. The second-order valence-electron chi connectivity index (χ2n) is 2.94. The van der Waals surface area contributed by atoms with Gasteiger partial charge >= 0.3 is 0 Å². The van der Waals surface area contributed by atoms with Crippen LogP contribution in [-0.2, 0) is 0 Å². The molecule has 82 valence electrons. The molecule has 1 aliphatic rings. The van der Waals surface area contributed by atoms with Gasteiger partial charge in [-0.1, -0.05) is 0 Å². The monoisotopic (exact) mass is 236 g/mol. The van der Waals surface area contributed by atoms with Crippen molar-refractivity contribution < 1.29 is 8.78 Å². The normalized spacial score (nSPS) is 23.5. The minimum absolute atomic E-state index is 0. The van der Waals surface area contributed by atoms with Crippen LogP contribution < -0.4 is 5.32 Å². The predicted molar refractivity (Wildman–Crippen MR) is 54.4 cm³/mol. The fraction of sp³-hybridized carbons (Fsp3) is 1.00. The molecule has 2 nitrogen and oxygen atoms in total. The zero-order valence-electron chi connectivity index (χ0n) is 7.50. The van der Waals surface area contributed by atoms with E-state index in [0.29, 0.717) is 0 Å². The number of hydrogen-bond donors (Lipinski definition) is 1. The van der Waals surface area contributed by atoms with Crippen molar-refractivity contribution in [2.45, 2.75) is 19.4 Å². The molecule has 6 heteroatoms. The van der Waals surface area contributed by atoms with Crippen LogP contribution in [0.15, 0.2) is 0 Å². The summed E-state index contributed by atoms with van der Waals surface area (Å²) >= 11 is 0. The summed E-state index contributed by atoms with van der Waals surface area (Å²) < 4.78 is 23.9. The second-order valence-corrected chi connectivity index (χ2v) is 2.94. The largest absolute Gasteiger partial charge is 0.314 e. The topological polar surface area (TPSA) is 15.3 Å². The van der Waals surface area contributed by atoms with E-state index in [1.54, 1.807) is 0 Å². The van der Waals surface area contributed by atoms with E-state index in [2.05, 4.69) is 5.32 Å². The van der Waals surface area contributed by atoms with Crippen LogP contribution in [0, 0.1) is 0 Å². The Morgan fingerprint density at radius 3 is 2.54 bits per heavy atom. The Morgan fingerprint density at radius 1 is 1.46 bits per heavy atom. The number of nitrogens with one attached hydrogen (secondary N) is 1. The molecule has 13 heavy (non-hydrogen) atoms. The van der Waals surface area contributed by atoms with E-state index < -0.39 is 6.43 Å². The van der Waals surface area contributed by atoms with E-state index in [0.717, 1.165) is 19.6 Å². The Kier molecular flexibility index (Phi) is 9.41. The number of rotatable bonds is 2. The molecular weight excluding hydrogens is 221 g/mol. The first-order valence-electron chi connectivity index (χ1n) is 3.93. The molecule has 0 bridgehead atoms. The van der Waals surface area contributed by atoms with Gasteiger partial charge in [0.05, 0.1) is 6.54 Å². The average Bonchev–Trinajstić information content (AvgIpc) is 1.93. The third kappa shape index (κ3) is 5.62. The van der Waals surface area contributed by atoms with Gasteiger partial charge in [-0.25, -0.2) is 8.78 Å². The smallest absolute Gasteiger partial charge is 0.251 e. The van der Waals surface area contributed by atoms with Gasteiger partial charge in [0.25, 0.3) is 6.43 Å². The Labute approximate surface area is 89.9 Å². The van der Waals surface area contributed by atoms with Gasteiger partial charge in [-0.15, -0.1) is 24.8 Å². The molecule has 1 N–H and O–H groups in total. The van der Waals surface area contributed by atoms with Crippen molar-refractivity contribution >= 4 is 24.8 Å². The first-order valence-corrected chi connectivity index (χ1v) is 3.93.